The number of carbonyl (C=O) groups excluding carboxylic acids is 1. The second kappa shape index (κ2) is 3.97. The molecule has 0 spiro atoms. The Bertz CT molecular complexity index is 401. The summed E-state index contributed by atoms with van der Waals surface area (Å²) in [4.78, 5) is 13.8. The summed E-state index contributed by atoms with van der Waals surface area (Å²) in [5.41, 5.74) is 2.52. The van der Waals surface area contributed by atoms with Crippen molar-refractivity contribution in [2.45, 2.75) is 26.9 Å². The molecule has 1 amide bonds. The molecule has 2 rings (SSSR count). The molecular formula is C12H14BrNO. The van der Waals surface area contributed by atoms with Crippen molar-refractivity contribution in [2.75, 3.05) is 0 Å². The van der Waals surface area contributed by atoms with Gasteiger partial charge in [0, 0.05) is 23.5 Å². The fraction of sp³-hybridized carbons (Fsp3) is 0.417. The van der Waals surface area contributed by atoms with Gasteiger partial charge in [-0.25, -0.2) is 0 Å². The molecule has 0 fully saturated rings. The molecule has 0 saturated heterocycles. The lowest BCUT2D eigenvalue weighted by Crippen LogP contribution is -2.29. The van der Waals surface area contributed by atoms with E-state index in [1.165, 1.54) is 11.1 Å². The number of rotatable bonds is 1. The van der Waals surface area contributed by atoms with Crippen LogP contribution in [0.25, 0.3) is 0 Å². The molecule has 0 bridgehead atoms. The van der Waals surface area contributed by atoms with Crippen molar-refractivity contribution in [2.24, 2.45) is 5.92 Å². The summed E-state index contributed by atoms with van der Waals surface area (Å²) in [5, 5.41) is 0. The summed E-state index contributed by atoms with van der Waals surface area (Å²) in [6.07, 6.45) is 0. The first-order valence-corrected chi connectivity index (χ1v) is 5.94. The van der Waals surface area contributed by atoms with Gasteiger partial charge in [-0.05, 0) is 17.2 Å². The van der Waals surface area contributed by atoms with Crippen molar-refractivity contribution < 1.29 is 4.79 Å². The Morgan fingerprint density at radius 1 is 1.40 bits per heavy atom. The lowest BCUT2D eigenvalue weighted by atomic mass is 10.1. The molecule has 1 heterocycles. The molecule has 0 atom stereocenters. The topological polar surface area (TPSA) is 20.3 Å². The van der Waals surface area contributed by atoms with Gasteiger partial charge in [0.15, 0.2) is 0 Å². The van der Waals surface area contributed by atoms with Crippen LogP contribution in [0.2, 0.25) is 0 Å². The number of benzene rings is 1. The Labute approximate surface area is 98.4 Å². The Kier molecular flexibility index (Phi) is 2.83. The van der Waals surface area contributed by atoms with Crippen LogP contribution >= 0.6 is 15.9 Å². The van der Waals surface area contributed by atoms with Crippen molar-refractivity contribution in [1.29, 1.82) is 0 Å². The lowest BCUT2D eigenvalue weighted by Gasteiger charge is -2.17. The van der Waals surface area contributed by atoms with Gasteiger partial charge in [-0.1, -0.05) is 41.9 Å². The van der Waals surface area contributed by atoms with E-state index in [4.69, 9.17) is 0 Å². The molecule has 1 aromatic rings. The lowest BCUT2D eigenvalue weighted by molar-refractivity contribution is -0.135. The number of halogens is 1. The third-order valence-corrected chi connectivity index (χ3v) is 3.47. The molecule has 2 nitrogen and oxygen atoms in total. The van der Waals surface area contributed by atoms with Crippen LogP contribution in [0.5, 0.6) is 0 Å². The molecular weight excluding hydrogens is 254 g/mol. The summed E-state index contributed by atoms with van der Waals surface area (Å²) in [6, 6.07) is 6.14. The Balaban J connectivity index is 2.23. The first kappa shape index (κ1) is 10.7. The van der Waals surface area contributed by atoms with Crippen LogP contribution in [0.1, 0.15) is 25.0 Å². The van der Waals surface area contributed by atoms with E-state index < -0.39 is 0 Å². The van der Waals surface area contributed by atoms with Gasteiger partial charge in [0.25, 0.3) is 0 Å². The first-order chi connectivity index (χ1) is 7.09. The molecule has 1 aliphatic heterocycles. The van der Waals surface area contributed by atoms with Crippen LogP contribution in [0.4, 0.5) is 0 Å². The number of hydrogen-bond acceptors (Lipinski definition) is 1. The number of amides is 1. The van der Waals surface area contributed by atoms with Crippen LogP contribution in [0, 0.1) is 5.92 Å². The maximum atomic E-state index is 11.8. The third-order valence-electron chi connectivity index (χ3n) is 2.73. The Morgan fingerprint density at radius 3 is 2.73 bits per heavy atom. The molecule has 15 heavy (non-hydrogen) atoms. The van der Waals surface area contributed by atoms with Crippen LogP contribution in [0.15, 0.2) is 22.7 Å². The number of carbonyl (C=O) groups is 1. The van der Waals surface area contributed by atoms with E-state index in [0.717, 1.165) is 17.6 Å². The summed E-state index contributed by atoms with van der Waals surface area (Å²) < 4.78 is 1.11. The van der Waals surface area contributed by atoms with E-state index in [2.05, 4.69) is 22.0 Å². The minimum Gasteiger partial charge on any atom is -0.334 e. The largest absolute Gasteiger partial charge is 0.334 e. The van der Waals surface area contributed by atoms with E-state index >= 15 is 0 Å². The molecule has 80 valence electrons. The molecule has 0 unspecified atom stereocenters. The highest BCUT2D eigenvalue weighted by atomic mass is 79.9. The van der Waals surface area contributed by atoms with Gasteiger partial charge in [-0.2, -0.15) is 0 Å². The molecule has 1 aromatic carbocycles. The molecule has 1 aliphatic rings. The quantitative estimate of drug-likeness (QED) is 0.766. The second-order valence-corrected chi connectivity index (χ2v) is 5.08. The van der Waals surface area contributed by atoms with Gasteiger partial charge >= 0.3 is 0 Å². The van der Waals surface area contributed by atoms with E-state index in [-0.39, 0.29) is 11.8 Å². The van der Waals surface area contributed by atoms with Crippen LogP contribution in [-0.4, -0.2) is 10.8 Å². The second-order valence-electron chi connectivity index (χ2n) is 4.23. The molecule has 0 saturated carbocycles. The van der Waals surface area contributed by atoms with Gasteiger partial charge < -0.3 is 4.90 Å². The standard InChI is InChI=1S/C12H14BrNO/c1-8(2)12(15)14-6-9-4-3-5-11(13)10(9)7-14/h3-5,8H,6-7H2,1-2H3. The van der Waals surface area contributed by atoms with Gasteiger partial charge in [0.1, 0.15) is 0 Å². The highest BCUT2D eigenvalue weighted by molar-refractivity contribution is 9.10. The van der Waals surface area contributed by atoms with E-state index in [1.54, 1.807) is 0 Å². The summed E-state index contributed by atoms with van der Waals surface area (Å²) in [6.45, 7) is 5.39. The minimum absolute atomic E-state index is 0.0816. The molecule has 0 N–H and O–H groups in total. The Hall–Kier alpha value is -0.830. The molecule has 3 heteroatoms. The predicted molar refractivity (Wildman–Crippen MR) is 63.2 cm³/mol. The SMILES string of the molecule is CC(C)C(=O)N1Cc2cccc(Br)c2C1. The number of fused-ring (bicyclic) bond motifs is 1. The highest BCUT2D eigenvalue weighted by Crippen LogP contribution is 2.29. The zero-order valence-electron chi connectivity index (χ0n) is 8.96. The summed E-state index contributed by atoms with van der Waals surface area (Å²) in [5.74, 6) is 0.316. The van der Waals surface area contributed by atoms with E-state index in [0.29, 0.717) is 0 Å². The van der Waals surface area contributed by atoms with Crippen molar-refractivity contribution in [3.05, 3.63) is 33.8 Å². The highest BCUT2D eigenvalue weighted by Gasteiger charge is 2.25. The molecule has 0 aliphatic carbocycles. The summed E-state index contributed by atoms with van der Waals surface area (Å²) in [7, 11) is 0. The zero-order valence-corrected chi connectivity index (χ0v) is 10.5. The molecule has 0 radical (unpaired) electrons. The smallest absolute Gasteiger partial charge is 0.225 e. The fourth-order valence-electron chi connectivity index (χ4n) is 1.90. The van der Waals surface area contributed by atoms with Crippen LogP contribution < -0.4 is 0 Å². The average Bonchev–Trinajstić information content (AvgIpc) is 2.61. The van der Waals surface area contributed by atoms with Crippen LogP contribution in [0.3, 0.4) is 0 Å². The maximum absolute atomic E-state index is 11.8. The third kappa shape index (κ3) is 1.93. The van der Waals surface area contributed by atoms with Gasteiger partial charge in [0.05, 0.1) is 0 Å². The van der Waals surface area contributed by atoms with E-state index in [1.807, 2.05) is 30.9 Å². The fourth-order valence-corrected chi connectivity index (χ4v) is 2.43. The predicted octanol–water partition coefficient (Wildman–Crippen LogP) is 2.95. The average molecular weight is 268 g/mol. The van der Waals surface area contributed by atoms with Crippen LogP contribution in [-0.2, 0) is 17.9 Å². The van der Waals surface area contributed by atoms with Gasteiger partial charge in [0.2, 0.25) is 5.91 Å². The van der Waals surface area contributed by atoms with Crippen molar-refractivity contribution in [1.82, 2.24) is 4.90 Å². The normalized spacial score (nSPS) is 14.5. The van der Waals surface area contributed by atoms with Crippen molar-refractivity contribution in [3.8, 4) is 0 Å². The van der Waals surface area contributed by atoms with Crippen molar-refractivity contribution in [3.63, 3.8) is 0 Å². The molecule has 0 aromatic heterocycles. The monoisotopic (exact) mass is 267 g/mol. The number of nitrogens with zero attached hydrogens (tertiary/aromatic N) is 1. The Morgan fingerprint density at radius 2 is 2.13 bits per heavy atom. The first-order valence-electron chi connectivity index (χ1n) is 5.14. The summed E-state index contributed by atoms with van der Waals surface area (Å²) >= 11 is 3.52. The minimum atomic E-state index is 0.0816. The zero-order chi connectivity index (χ0) is 11.0. The maximum Gasteiger partial charge on any atom is 0.225 e. The van der Waals surface area contributed by atoms with Gasteiger partial charge in [-0.3, -0.25) is 4.79 Å². The van der Waals surface area contributed by atoms with Gasteiger partial charge in [-0.15, -0.1) is 0 Å². The van der Waals surface area contributed by atoms with E-state index in [9.17, 15) is 4.79 Å². The number of hydrogen-bond donors (Lipinski definition) is 0. The van der Waals surface area contributed by atoms with Crippen molar-refractivity contribution >= 4 is 21.8 Å².